The van der Waals surface area contributed by atoms with Gasteiger partial charge in [0.25, 0.3) is 0 Å². The maximum atomic E-state index is 12.4. The molecular weight excluding hydrogens is 256 g/mol. The number of thioether (sulfide) groups is 2. The fraction of sp³-hybridized carbons (Fsp3) is 0.583. The summed E-state index contributed by atoms with van der Waals surface area (Å²) in [5, 5.41) is 2.70. The van der Waals surface area contributed by atoms with E-state index in [0.717, 1.165) is 22.6 Å². The number of carbonyl (C=O) groups excluding carboxylic acids is 1. The molecule has 0 spiro atoms. The van der Waals surface area contributed by atoms with E-state index in [9.17, 15) is 4.79 Å². The largest absolute Gasteiger partial charge is 0.293 e. The van der Waals surface area contributed by atoms with Gasteiger partial charge in [-0.2, -0.15) is 11.8 Å². The zero-order chi connectivity index (χ0) is 11.5. The summed E-state index contributed by atoms with van der Waals surface area (Å²) in [5.74, 6) is 2.65. The SMILES string of the molecule is CCC1SCCSC1C(=O)c1ccsc1C. The Bertz CT molecular complexity index is 372. The number of carbonyl (C=O) groups is 1. The number of thiophene rings is 1. The topological polar surface area (TPSA) is 17.1 Å². The van der Waals surface area contributed by atoms with E-state index in [1.165, 1.54) is 5.75 Å². The predicted octanol–water partition coefficient (Wildman–Crippen LogP) is 3.87. The highest BCUT2D eigenvalue weighted by molar-refractivity contribution is 8.07. The van der Waals surface area contributed by atoms with Crippen LogP contribution in [0.1, 0.15) is 28.6 Å². The Labute approximate surface area is 109 Å². The molecule has 0 aliphatic carbocycles. The standard InChI is InChI=1S/C12H16OS3/c1-3-10-12(16-7-6-15-10)11(13)9-4-5-14-8(9)2/h4-5,10,12H,3,6-7H2,1-2H3. The summed E-state index contributed by atoms with van der Waals surface area (Å²) in [6.07, 6.45) is 1.09. The van der Waals surface area contributed by atoms with Crippen LogP contribution in [0.4, 0.5) is 0 Å². The van der Waals surface area contributed by atoms with Gasteiger partial charge in [0.15, 0.2) is 5.78 Å². The monoisotopic (exact) mass is 272 g/mol. The highest BCUT2D eigenvalue weighted by Crippen LogP contribution is 2.36. The van der Waals surface area contributed by atoms with Gasteiger partial charge in [0, 0.05) is 27.2 Å². The Balaban J connectivity index is 2.17. The molecule has 0 N–H and O–H groups in total. The minimum Gasteiger partial charge on any atom is -0.293 e. The predicted molar refractivity (Wildman–Crippen MR) is 76.2 cm³/mol. The van der Waals surface area contributed by atoms with Crippen molar-refractivity contribution in [1.82, 2.24) is 0 Å². The van der Waals surface area contributed by atoms with E-state index in [4.69, 9.17) is 0 Å². The minimum atomic E-state index is 0.178. The van der Waals surface area contributed by atoms with Crippen molar-refractivity contribution in [1.29, 1.82) is 0 Å². The van der Waals surface area contributed by atoms with Crippen molar-refractivity contribution in [2.45, 2.75) is 30.8 Å². The number of rotatable bonds is 3. The quantitative estimate of drug-likeness (QED) is 0.778. The summed E-state index contributed by atoms with van der Waals surface area (Å²) in [6, 6.07) is 1.98. The van der Waals surface area contributed by atoms with E-state index in [0.29, 0.717) is 11.0 Å². The molecular formula is C12H16OS3. The van der Waals surface area contributed by atoms with Crippen LogP contribution in [0.15, 0.2) is 11.4 Å². The summed E-state index contributed by atoms with van der Waals surface area (Å²) in [4.78, 5) is 13.6. The second-order valence-electron chi connectivity index (χ2n) is 3.86. The van der Waals surface area contributed by atoms with Gasteiger partial charge < -0.3 is 0 Å². The molecule has 1 nitrogen and oxygen atoms in total. The Hall–Kier alpha value is 0.0700. The molecule has 0 bridgehead atoms. The first kappa shape index (κ1) is 12.5. The first-order chi connectivity index (χ1) is 7.74. The molecule has 2 rings (SSSR count). The Morgan fingerprint density at radius 2 is 2.19 bits per heavy atom. The maximum Gasteiger partial charge on any atom is 0.178 e. The van der Waals surface area contributed by atoms with Gasteiger partial charge in [-0.15, -0.1) is 23.1 Å². The average molecular weight is 272 g/mol. The number of aryl methyl sites for hydroxylation is 1. The van der Waals surface area contributed by atoms with E-state index in [1.54, 1.807) is 11.3 Å². The van der Waals surface area contributed by atoms with E-state index in [1.807, 2.05) is 41.9 Å². The van der Waals surface area contributed by atoms with Crippen molar-refractivity contribution in [3.63, 3.8) is 0 Å². The summed E-state index contributed by atoms with van der Waals surface area (Å²) in [7, 11) is 0. The molecule has 16 heavy (non-hydrogen) atoms. The third-order valence-electron chi connectivity index (χ3n) is 2.84. The number of Topliss-reactive ketones (excluding diaryl/α,β-unsaturated/α-hetero) is 1. The minimum absolute atomic E-state index is 0.178. The van der Waals surface area contributed by atoms with E-state index < -0.39 is 0 Å². The molecule has 0 radical (unpaired) electrons. The van der Waals surface area contributed by atoms with Crippen LogP contribution in [0.3, 0.4) is 0 Å². The van der Waals surface area contributed by atoms with Gasteiger partial charge in [0.05, 0.1) is 5.25 Å². The van der Waals surface area contributed by atoms with Gasteiger partial charge in [-0.1, -0.05) is 6.92 Å². The lowest BCUT2D eigenvalue weighted by Crippen LogP contribution is -2.32. The van der Waals surface area contributed by atoms with Gasteiger partial charge in [-0.25, -0.2) is 0 Å². The third-order valence-corrected chi connectivity index (χ3v) is 6.93. The summed E-state index contributed by atoms with van der Waals surface area (Å²) < 4.78 is 0. The molecule has 1 aromatic heterocycles. The van der Waals surface area contributed by atoms with Crippen molar-refractivity contribution in [2.75, 3.05) is 11.5 Å². The van der Waals surface area contributed by atoms with Gasteiger partial charge in [-0.05, 0) is 24.8 Å². The second kappa shape index (κ2) is 5.61. The lowest BCUT2D eigenvalue weighted by atomic mass is 10.1. The molecule has 0 saturated carbocycles. The molecule has 2 heterocycles. The van der Waals surface area contributed by atoms with Crippen LogP contribution < -0.4 is 0 Å². The Kier molecular flexibility index (Phi) is 4.39. The molecule has 0 aromatic carbocycles. The number of hydrogen-bond donors (Lipinski definition) is 0. The zero-order valence-electron chi connectivity index (χ0n) is 9.56. The van der Waals surface area contributed by atoms with Crippen molar-refractivity contribution < 1.29 is 4.79 Å². The van der Waals surface area contributed by atoms with Gasteiger partial charge in [0.1, 0.15) is 0 Å². The normalized spacial score (nSPS) is 25.6. The molecule has 1 aromatic rings. The third kappa shape index (κ3) is 2.49. The van der Waals surface area contributed by atoms with Crippen molar-refractivity contribution in [3.05, 3.63) is 21.9 Å². The van der Waals surface area contributed by atoms with Crippen molar-refractivity contribution in [2.24, 2.45) is 0 Å². The van der Waals surface area contributed by atoms with E-state index in [2.05, 4.69) is 6.92 Å². The Morgan fingerprint density at radius 1 is 1.44 bits per heavy atom. The fourth-order valence-corrected chi connectivity index (χ4v) is 5.66. The highest BCUT2D eigenvalue weighted by atomic mass is 32.2. The van der Waals surface area contributed by atoms with Gasteiger partial charge in [0.2, 0.25) is 0 Å². The first-order valence-corrected chi connectivity index (χ1v) is 8.53. The molecule has 2 atom stereocenters. The lowest BCUT2D eigenvalue weighted by Gasteiger charge is -2.28. The van der Waals surface area contributed by atoms with Gasteiger partial charge in [-0.3, -0.25) is 4.79 Å². The van der Waals surface area contributed by atoms with Crippen LogP contribution in [0.5, 0.6) is 0 Å². The number of ketones is 1. The van der Waals surface area contributed by atoms with Crippen LogP contribution >= 0.6 is 34.9 Å². The molecule has 4 heteroatoms. The average Bonchev–Trinajstić information content (AvgIpc) is 2.74. The molecule has 1 fully saturated rings. The first-order valence-electron chi connectivity index (χ1n) is 5.55. The summed E-state index contributed by atoms with van der Waals surface area (Å²) >= 11 is 5.48. The Morgan fingerprint density at radius 3 is 2.81 bits per heavy atom. The molecule has 1 aliphatic rings. The zero-order valence-corrected chi connectivity index (χ0v) is 12.0. The van der Waals surface area contributed by atoms with E-state index >= 15 is 0 Å². The summed E-state index contributed by atoms with van der Waals surface area (Å²) in [5.41, 5.74) is 0.948. The van der Waals surface area contributed by atoms with Crippen molar-refractivity contribution >= 4 is 40.6 Å². The van der Waals surface area contributed by atoms with Crippen LogP contribution in [0, 0.1) is 6.92 Å². The second-order valence-corrected chi connectivity index (χ2v) is 7.58. The maximum absolute atomic E-state index is 12.4. The lowest BCUT2D eigenvalue weighted by molar-refractivity contribution is 0.0988. The van der Waals surface area contributed by atoms with Crippen LogP contribution in [0.25, 0.3) is 0 Å². The van der Waals surface area contributed by atoms with Crippen LogP contribution in [0.2, 0.25) is 0 Å². The van der Waals surface area contributed by atoms with Crippen molar-refractivity contribution in [3.8, 4) is 0 Å². The molecule has 1 aliphatic heterocycles. The smallest absolute Gasteiger partial charge is 0.178 e. The summed E-state index contributed by atoms with van der Waals surface area (Å²) in [6.45, 7) is 4.23. The highest BCUT2D eigenvalue weighted by Gasteiger charge is 2.32. The molecule has 2 unspecified atom stereocenters. The van der Waals surface area contributed by atoms with Gasteiger partial charge >= 0.3 is 0 Å². The molecule has 0 amide bonds. The molecule has 88 valence electrons. The number of hydrogen-bond acceptors (Lipinski definition) is 4. The van der Waals surface area contributed by atoms with E-state index in [-0.39, 0.29) is 5.25 Å². The fourth-order valence-electron chi connectivity index (χ4n) is 1.94. The molecule has 1 saturated heterocycles. The van der Waals surface area contributed by atoms with Crippen LogP contribution in [-0.4, -0.2) is 27.8 Å². The van der Waals surface area contributed by atoms with Crippen LogP contribution in [-0.2, 0) is 0 Å².